The van der Waals surface area contributed by atoms with Gasteiger partial charge in [0.05, 0.1) is 16.0 Å². The molecule has 0 aliphatic carbocycles. The molecule has 0 fully saturated rings. The minimum absolute atomic E-state index is 0.00882. The summed E-state index contributed by atoms with van der Waals surface area (Å²) >= 11 is 0. The van der Waals surface area contributed by atoms with Crippen molar-refractivity contribution in [2.24, 2.45) is 0 Å². The first-order chi connectivity index (χ1) is 14.6. The highest BCUT2D eigenvalue weighted by Gasteiger charge is 2.09. The van der Waals surface area contributed by atoms with E-state index in [1.165, 1.54) is 24.3 Å². The number of fused-ring (bicyclic) bond motifs is 1. The number of benzene rings is 3. The summed E-state index contributed by atoms with van der Waals surface area (Å²) in [6, 6.07) is 19.7. The third-order valence-corrected chi connectivity index (χ3v) is 4.37. The zero-order valence-electron chi connectivity index (χ0n) is 15.7. The Morgan fingerprint density at radius 1 is 0.933 bits per heavy atom. The van der Waals surface area contributed by atoms with E-state index in [4.69, 9.17) is 4.74 Å². The van der Waals surface area contributed by atoms with E-state index in [0.717, 1.165) is 5.56 Å². The molecule has 4 rings (SSSR count). The van der Waals surface area contributed by atoms with Crippen molar-refractivity contribution in [1.29, 1.82) is 0 Å². The fourth-order valence-corrected chi connectivity index (χ4v) is 2.86. The summed E-state index contributed by atoms with van der Waals surface area (Å²) < 4.78 is 19.0. The van der Waals surface area contributed by atoms with Gasteiger partial charge in [0, 0.05) is 12.1 Å². The monoisotopic (exact) mass is 401 g/mol. The lowest BCUT2D eigenvalue weighted by atomic mass is 10.1. The fourth-order valence-electron chi connectivity index (χ4n) is 2.86. The van der Waals surface area contributed by atoms with Crippen LogP contribution in [0.25, 0.3) is 23.2 Å². The van der Waals surface area contributed by atoms with Crippen molar-refractivity contribution < 1.29 is 14.1 Å². The largest absolute Gasteiger partial charge is 0.471 e. The molecule has 0 atom stereocenters. The third-order valence-electron chi connectivity index (χ3n) is 4.37. The minimum Gasteiger partial charge on any atom is -0.471 e. The molecule has 7 heteroatoms. The molecule has 0 saturated carbocycles. The molecule has 0 N–H and O–H groups in total. The fraction of sp³-hybridized carbons (Fsp3) is 0.0435. The Bertz CT molecular complexity index is 1240. The number of nitrogens with zero attached hydrogens (tertiary/aromatic N) is 3. The lowest BCUT2D eigenvalue weighted by Gasteiger charge is -2.09. The van der Waals surface area contributed by atoms with Crippen molar-refractivity contribution in [3.05, 3.63) is 106 Å². The van der Waals surface area contributed by atoms with E-state index in [0.29, 0.717) is 28.2 Å². The van der Waals surface area contributed by atoms with Crippen molar-refractivity contribution >= 4 is 28.9 Å². The molecule has 4 aromatic rings. The van der Waals surface area contributed by atoms with Crippen LogP contribution in [0.15, 0.2) is 72.8 Å². The lowest BCUT2D eigenvalue weighted by molar-refractivity contribution is -0.384. The van der Waals surface area contributed by atoms with Crippen molar-refractivity contribution in [2.45, 2.75) is 6.61 Å². The van der Waals surface area contributed by atoms with Crippen molar-refractivity contribution in [1.82, 2.24) is 9.97 Å². The first kappa shape index (κ1) is 19.2. The maximum atomic E-state index is 13.1. The van der Waals surface area contributed by atoms with Crippen LogP contribution in [0, 0.1) is 15.9 Å². The number of halogens is 1. The van der Waals surface area contributed by atoms with Crippen LogP contribution in [0.1, 0.15) is 16.8 Å². The minimum atomic E-state index is -0.440. The van der Waals surface area contributed by atoms with Gasteiger partial charge in [-0.25, -0.2) is 14.4 Å². The summed E-state index contributed by atoms with van der Waals surface area (Å²) in [5.74, 6) is 0.00419. The van der Waals surface area contributed by atoms with E-state index in [9.17, 15) is 14.5 Å². The van der Waals surface area contributed by atoms with E-state index < -0.39 is 4.92 Å². The number of ether oxygens (including phenoxy) is 1. The molecule has 0 unspecified atom stereocenters. The van der Waals surface area contributed by atoms with Crippen LogP contribution in [-0.2, 0) is 6.61 Å². The van der Waals surface area contributed by atoms with E-state index in [1.54, 1.807) is 36.4 Å². The summed E-state index contributed by atoms with van der Waals surface area (Å²) in [5, 5.41) is 11.0. The van der Waals surface area contributed by atoms with Gasteiger partial charge in [-0.05, 0) is 41.5 Å². The Balaban J connectivity index is 1.66. The third kappa shape index (κ3) is 4.47. The van der Waals surface area contributed by atoms with E-state index in [-0.39, 0.29) is 18.1 Å². The molecular weight excluding hydrogens is 385 g/mol. The Morgan fingerprint density at radius 3 is 2.40 bits per heavy atom. The summed E-state index contributed by atoms with van der Waals surface area (Å²) in [7, 11) is 0. The van der Waals surface area contributed by atoms with E-state index in [1.807, 2.05) is 24.3 Å². The van der Waals surface area contributed by atoms with E-state index >= 15 is 0 Å². The Hall–Kier alpha value is -4.13. The second-order valence-corrected chi connectivity index (χ2v) is 6.50. The maximum absolute atomic E-state index is 13.1. The second kappa shape index (κ2) is 8.48. The lowest BCUT2D eigenvalue weighted by Crippen LogP contribution is -2.01. The molecule has 0 radical (unpaired) electrons. The Kier molecular flexibility index (Phi) is 5.43. The van der Waals surface area contributed by atoms with Gasteiger partial charge in [-0.15, -0.1) is 0 Å². The molecule has 0 aliphatic heterocycles. The van der Waals surface area contributed by atoms with Crippen LogP contribution in [0.3, 0.4) is 0 Å². The van der Waals surface area contributed by atoms with Gasteiger partial charge >= 0.3 is 0 Å². The van der Waals surface area contributed by atoms with Crippen LogP contribution >= 0.6 is 0 Å². The highest BCUT2D eigenvalue weighted by atomic mass is 19.1. The molecule has 148 valence electrons. The predicted octanol–water partition coefficient (Wildman–Crippen LogP) is 5.43. The van der Waals surface area contributed by atoms with Gasteiger partial charge in [0.15, 0.2) is 0 Å². The zero-order valence-corrected chi connectivity index (χ0v) is 15.7. The van der Waals surface area contributed by atoms with Gasteiger partial charge in [-0.1, -0.05) is 42.5 Å². The smallest absolute Gasteiger partial charge is 0.270 e. The van der Waals surface area contributed by atoms with Crippen molar-refractivity contribution in [3.63, 3.8) is 0 Å². The first-order valence-corrected chi connectivity index (χ1v) is 9.15. The molecule has 0 spiro atoms. The quantitative estimate of drug-likeness (QED) is 0.318. The Labute approximate surface area is 171 Å². The number of para-hydroxylation sites is 2. The van der Waals surface area contributed by atoms with Crippen LogP contribution in [0.5, 0.6) is 5.88 Å². The summed E-state index contributed by atoms with van der Waals surface area (Å²) in [6.45, 7) is 0.199. The highest BCUT2D eigenvalue weighted by molar-refractivity contribution is 5.79. The van der Waals surface area contributed by atoms with Gasteiger partial charge in [0.2, 0.25) is 5.88 Å². The number of aromatic nitrogens is 2. The average Bonchev–Trinajstić information content (AvgIpc) is 2.77. The van der Waals surface area contributed by atoms with Crippen LogP contribution < -0.4 is 4.74 Å². The summed E-state index contributed by atoms with van der Waals surface area (Å²) in [6.07, 6.45) is 3.43. The Morgan fingerprint density at radius 2 is 1.67 bits per heavy atom. The van der Waals surface area contributed by atoms with Gasteiger partial charge in [-0.2, -0.15) is 0 Å². The zero-order chi connectivity index (χ0) is 20.9. The number of rotatable bonds is 6. The van der Waals surface area contributed by atoms with Gasteiger partial charge in [-0.3, -0.25) is 10.1 Å². The molecule has 0 saturated heterocycles. The highest BCUT2D eigenvalue weighted by Crippen LogP contribution is 2.23. The van der Waals surface area contributed by atoms with Gasteiger partial charge in [0.25, 0.3) is 5.69 Å². The number of hydrogen-bond donors (Lipinski definition) is 0. The molecule has 1 aromatic heterocycles. The molecule has 3 aromatic carbocycles. The SMILES string of the molecule is O=[N+]([O-])c1cccc(C=Cc2nc3ccccc3nc2OCc2ccc(F)cc2)c1. The second-order valence-electron chi connectivity index (χ2n) is 6.50. The number of non-ortho nitro benzene ring substituents is 1. The number of hydrogen-bond acceptors (Lipinski definition) is 5. The normalized spacial score (nSPS) is 11.1. The molecule has 0 amide bonds. The maximum Gasteiger partial charge on any atom is 0.270 e. The number of nitro groups is 1. The molecule has 30 heavy (non-hydrogen) atoms. The van der Waals surface area contributed by atoms with Crippen LogP contribution in [0.4, 0.5) is 10.1 Å². The van der Waals surface area contributed by atoms with E-state index in [2.05, 4.69) is 9.97 Å². The molecule has 6 nitrogen and oxygen atoms in total. The van der Waals surface area contributed by atoms with Crippen molar-refractivity contribution in [2.75, 3.05) is 0 Å². The summed E-state index contributed by atoms with van der Waals surface area (Å²) in [4.78, 5) is 19.7. The molecular formula is C23H16FN3O3. The molecule has 1 heterocycles. The molecule has 0 bridgehead atoms. The average molecular weight is 401 g/mol. The van der Waals surface area contributed by atoms with Gasteiger partial charge in [0.1, 0.15) is 18.1 Å². The topological polar surface area (TPSA) is 78.2 Å². The van der Waals surface area contributed by atoms with Crippen LogP contribution in [-0.4, -0.2) is 14.9 Å². The predicted molar refractivity (Wildman–Crippen MR) is 112 cm³/mol. The molecule has 0 aliphatic rings. The van der Waals surface area contributed by atoms with Crippen LogP contribution in [0.2, 0.25) is 0 Å². The number of nitro benzene ring substituents is 1. The van der Waals surface area contributed by atoms with Gasteiger partial charge < -0.3 is 4.74 Å². The summed E-state index contributed by atoms with van der Waals surface area (Å²) in [5.41, 5.74) is 3.32. The standard InChI is InChI=1S/C23H16FN3O3/c24-18-11-8-17(9-12-18)15-30-23-22(25-20-6-1-2-7-21(20)26-23)13-10-16-4-3-5-19(14-16)27(28)29/h1-14H,15H2. The first-order valence-electron chi connectivity index (χ1n) is 9.15. The van der Waals surface area contributed by atoms with Crippen molar-refractivity contribution in [3.8, 4) is 5.88 Å².